The van der Waals surface area contributed by atoms with Gasteiger partial charge in [-0.05, 0) is 25.0 Å². The monoisotopic (exact) mass is 308 g/mol. The van der Waals surface area contributed by atoms with Gasteiger partial charge in [-0.1, -0.05) is 6.07 Å². The van der Waals surface area contributed by atoms with Crippen molar-refractivity contribution < 1.29 is 8.42 Å². The molecule has 1 aromatic heterocycles. The Morgan fingerprint density at radius 1 is 1.30 bits per heavy atom. The first kappa shape index (κ1) is 13.4. The van der Waals surface area contributed by atoms with E-state index in [2.05, 4.69) is 14.8 Å². The van der Waals surface area contributed by atoms with Crippen molar-refractivity contribution in [2.75, 3.05) is 13.1 Å². The molecule has 0 spiro atoms. The second-order valence-corrected chi connectivity index (χ2v) is 7.13. The predicted octanol–water partition coefficient (Wildman–Crippen LogP) is 1.62. The van der Waals surface area contributed by atoms with Gasteiger partial charge in [-0.2, -0.15) is 18.3 Å². The van der Waals surface area contributed by atoms with Crippen molar-refractivity contribution in [3.05, 3.63) is 18.2 Å². The standard InChI is InChI=1S/C12H12N4O2S2/c13-8-9-4-6-16(7-5-9)20(17,18)11-3-1-2-10-12(11)15-19-14-10/h1-3,9H,4-7H2. The number of nitrogens with zero attached hydrogens (tertiary/aromatic N) is 4. The fourth-order valence-corrected chi connectivity index (χ4v) is 4.58. The quantitative estimate of drug-likeness (QED) is 0.841. The maximum Gasteiger partial charge on any atom is 0.245 e. The Hall–Kier alpha value is -1.56. The summed E-state index contributed by atoms with van der Waals surface area (Å²) < 4.78 is 34.9. The second-order valence-electron chi connectivity index (χ2n) is 4.70. The maximum atomic E-state index is 12.7. The van der Waals surface area contributed by atoms with E-state index in [0.29, 0.717) is 37.0 Å². The lowest BCUT2D eigenvalue weighted by molar-refractivity contribution is 0.310. The Morgan fingerprint density at radius 3 is 2.75 bits per heavy atom. The molecule has 0 radical (unpaired) electrons. The highest BCUT2D eigenvalue weighted by Crippen LogP contribution is 2.27. The first-order valence-corrected chi connectivity index (χ1v) is 8.41. The molecule has 1 aromatic carbocycles. The minimum Gasteiger partial charge on any atom is -0.207 e. The summed E-state index contributed by atoms with van der Waals surface area (Å²) >= 11 is 1.01. The maximum absolute atomic E-state index is 12.7. The van der Waals surface area contributed by atoms with Crippen LogP contribution in [0.5, 0.6) is 0 Å². The van der Waals surface area contributed by atoms with Crippen molar-refractivity contribution in [2.45, 2.75) is 17.7 Å². The van der Waals surface area contributed by atoms with Crippen LogP contribution in [0.15, 0.2) is 23.1 Å². The molecule has 0 N–H and O–H groups in total. The first-order chi connectivity index (χ1) is 9.63. The van der Waals surface area contributed by atoms with Gasteiger partial charge >= 0.3 is 0 Å². The number of aromatic nitrogens is 2. The molecule has 3 rings (SSSR count). The number of nitriles is 1. The molecule has 20 heavy (non-hydrogen) atoms. The topological polar surface area (TPSA) is 87.0 Å². The predicted molar refractivity (Wildman–Crippen MR) is 74.5 cm³/mol. The molecular formula is C12H12N4O2S2. The Kier molecular flexibility index (Phi) is 3.41. The molecule has 0 bridgehead atoms. The van der Waals surface area contributed by atoms with Crippen LogP contribution in [0.25, 0.3) is 11.0 Å². The average Bonchev–Trinajstić information content (AvgIpc) is 2.95. The van der Waals surface area contributed by atoms with E-state index in [4.69, 9.17) is 5.26 Å². The van der Waals surface area contributed by atoms with Crippen molar-refractivity contribution in [2.24, 2.45) is 5.92 Å². The smallest absolute Gasteiger partial charge is 0.207 e. The van der Waals surface area contributed by atoms with Crippen LogP contribution in [0.4, 0.5) is 0 Å². The number of sulfonamides is 1. The highest BCUT2D eigenvalue weighted by atomic mass is 32.2. The van der Waals surface area contributed by atoms with Gasteiger partial charge in [-0.15, -0.1) is 0 Å². The molecule has 1 aliphatic rings. The fraction of sp³-hybridized carbons (Fsp3) is 0.417. The van der Waals surface area contributed by atoms with E-state index in [9.17, 15) is 8.42 Å². The van der Waals surface area contributed by atoms with E-state index >= 15 is 0 Å². The van der Waals surface area contributed by atoms with Crippen LogP contribution in [0, 0.1) is 17.2 Å². The van der Waals surface area contributed by atoms with E-state index in [1.807, 2.05) is 0 Å². The summed E-state index contributed by atoms with van der Waals surface area (Å²) in [7, 11) is -3.56. The summed E-state index contributed by atoms with van der Waals surface area (Å²) in [5.74, 6) is -0.0434. The summed E-state index contributed by atoms with van der Waals surface area (Å²) in [5.41, 5.74) is 1.03. The average molecular weight is 308 g/mol. The Balaban J connectivity index is 1.97. The molecule has 8 heteroatoms. The molecule has 2 heterocycles. The summed E-state index contributed by atoms with van der Waals surface area (Å²) in [6.07, 6.45) is 1.17. The lowest BCUT2D eigenvalue weighted by Gasteiger charge is -2.28. The van der Waals surface area contributed by atoms with Crippen LogP contribution < -0.4 is 0 Å². The van der Waals surface area contributed by atoms with Crippen LogP contribution in [-0.4, -0.2) is 34.6 Å². The Labute approximate surface area is 121 Å². The van der Waals surface area contributed by atoms with E-state index in [1.165, 1.54) is 4.31 Å². The fourth-order valence-electron chi connectivity index (χ4n) is 2.35. The minimum absolute atomic E-state index is 0.0434. The molecule has 0 saturated carbocycles. The van der Waals surface area contributed by atoms with Gasteiger partial charge in [0.2, 0.25) is 10.0 Å². The lowest BCUT2D eigenvalue weighted by Crippen LogP contribution is -2.38. The molecule has 1 aliphatic heterocycles. The molecule has 0 atom stereocenters. The molecule has 1 fully saturated rings. The molecule has 6 nitrogen and oxygen atoms in total. The van der Waals surface area contributed by atoms with Gasteiger partial charge in [0, 0.05) is 19.0 Å². The zero-order chi connectivity index (χ0) is 14.2. The summed E-state index contributed by atoms with van der Waals surface area (Å²) in [4.78, 5) is 0.208. The van der Waals surface area contributed by atoms with Crippen molar-refractivity contribution in [1.29, 1.82) is 5.26 Å². The number of piperidine rings is 1. The van der Waals surface area contributed by atoms with Gasteiger partial charge in [-0.3, -0.25) is 0 Å². The highest BCUT2D eigenvalue weighted by molar-refractivity contribution is 7.89. The summed E-state index contributed by atoms with van der Waals surface area (Å²) in [6, 6.07) is 7.19. The first-order valence-electron chi connectivity index (χ1n) is 6.24. The van der Waals surface area contributed by atoms with Crippen molar-refractivity contribution in [3.8, 4) is 6.07 Å². The SMILES string of the molecule is N#CC1CCN(S(=O)(=O)c2cccc3nsnc23)CC1. The molecule has 1 saturated heterocycles. The van der Waals surface area contributed by atoms with Crippen LogP contribution >= 0.6 is 11.7 Å². The third-order valence-corrected chi connectivity index (χ3v) is 5.98. The molecule has 0 amide bonds. The van der Waals surface area contributed by atoms with E-state index < -0.39 is 10.0 Å². The van der Waals surface area contributed by atoms with Gasteiger partial charge < -0.3 is 0 Å². The van der Waals surface area contributed by atoms with Gasteiger partial charge in [0.15, 0.2) is 0 Å². The third kappa shape index (κ3) is 2.18. The highest BCUT2D eigenvalue weighted by Gasteiger charge is 2.31. The number of hydrogen-bond donors (Lipinski definition) is 0. The van der Waals surface area contributed by atoms with Crippen molar-refractivity contribution in [1.82, 2.24) is 13.1 Å². The number of rotatable bonds is 2. The largest absolute Gasteiger partial charge is 0.245 e. The summed E-state index contributed by atoms with van der Waals surface area (Å²) in [5, 5.41) is 8.88. The Bertz CT molecular complexity index is 770. The van der Waals surface area contributed by atoms with E-state index in [-0.39, 0.29) is 10.8 Å². The zero-order valence-electron chi connectivity index (χ0n) is 10.6. The van der Waals surface area contributed by atoms with E-state index in [1.54, 1.807) is 18.2 Å². The summed E-state index contributed by atoms with van der Waals surface area (Å²) in [6.45, 7) is 0.767. The van der Waals surface area contributed by atoms with Crippen LogP contribution in [-0.2, 0) is 10.0 Å². The number of fused-ring (bicyclic) bond motifs is 1. The van der Waals surface area contributed by atoms with Gasteiger partial charge in [0.25, 0.3) is 0 Å². The van der Waals surface area contributed by atoms with Crippen molar-refractivity contribution >= 4 is 32.8 Å². The van der Waals surface area contributed by atoms with Gasteiger partial charge in [0.05, 0.1) is 17.8 Å². The van der Waals surface area contributed by atoms with E-state index in [0.717, 1.165) is 11.7 Å². The molecule has 0 unspecified atom stereocenters. The third-order valence-electron chi connectivity index (χ3n) is 3.50. The molecule has 104 valence electrons. The minimum atomic E-state index is -3.56. The number of benzene rings is 1. The molecular weight excluding hydrogens is 296 g/mol. The van der Waals surface area contributed by atoms with Gasteiger partial charge in [-0.25, -0.2) is 8.42 Å². The van der Waals surface area contributed by atoms with Crippen LogP contribution in [0.2, 0.25) is 0 Å². The normalized spacial score (nSPS) is 18.1. The zero-order valence-corrected chi connectivity index (χ0v) is 12.2. The second kappa shape index (κ2) is 5.09. The van der Waals surface area contributed by atoms with Crippen molar-refractivity contribution in [3.63, 3.8) is 0 Å². The van der Waals surface area contributed by atoms with Gasteiger partial charge in [0.1, 0.15) is 15.9 Å². The lowest BCUT2D eigenvalue weighted by atomic mass is 10.0. The molecule has 0 aliphatic carbocycles. The number of hydrogen-bond acceptors (Lipinski definition) is 6. The Morgan fingerprint density at radius 2 is 2.05 bits per heavy atom. The van der Waals surface area contributed by atoms with Crippen LogP contribution in [0.1, 0.15) is 12.8 Å². The molecule has 2 aromatic rings. The van der Waals surface area contributed by atoms with Crippen LogP contribution in [0.3, 0.4) is 0 Å².